The number of carbonyl (C=O) groups is 1. The molecule has 2 aromatic rings. The average Bonchev–Trinajstić information content (AvgIpc) is 2.39. The van der Waals surface area contributed by atoms with Gasteiger partial charge in [-0.15, -0.1) is 0 Å². The van der Waals surface area contributed by atoms with Crippen LogP contribution < -0.4 is 4.74 Å². The Kier molecular flexibility index (Phi) is 3.43. The molecule has 0 aliphatic rings. The Labute approximate surface area is 108 Å². The molecule has 0 radical (unpaired) electrons. The summed E-state index contributed by atoms with van der Waals surface area (Å²) in [6.45, 7) is 0. The van der Waals surface area contributed by atoms with E-state index in [0.717, 1.165) is 0 Å². The largest absolute Gasteiger partial charge is 0.479 e. The minimum atomic E-state index is -1.09. The van der Waals surface area contributed by atoms with Crippen molar-refractivity contribution in [2.45, 2.75) is 0 Å². The first-order valence-corrected chi connectivity index (χ1v) is 5.39. The van der Waals surface area contributed by atoms with Crippen molar-refractivity contribution in [3.8, 4) is 17.1 Å². The fourth-order valence-electron chi connectivity index (χ4n) is 1.51. The summed E-state index contributed by atoms with van der Waals surface area (Å²) in [7, 11) is 1.47. The molecule has 0 aliphatic heterocycles. The first-order chi connectivity index (χ1) is 8.63. The van der Waals surface area contributed by atoms with Crippen LogP contribution in [0.2, 0.25) is 5.02 Å². The van der Waals surface area contributed by atoms with Gasteiger partial charge >= 0.3 is 5.97 Å². The zero-order chi connectivity index (χ0) is 13.1. The van der Waals surface area contributed by atoms with Crippen LogP contribution >= 0.6 is 11.6 Å². The third kappa shape index (κ3) is 2.26. The number of aromatic carboxylic acids is 1. The molecule has 0 atom stereocenters. The Bertz CT molecular complexity index is 602. The summed E-state index contributed by atoms with van der Waals surface area (Å²) in [4.78, 5) is 19.1. The van der Waals surface area contributed by atoms with Gasteiger partial charge in [0.05, 0.1) is 17.7 Å². The van der Waals surface area contributed by atoms with Gasteiger partial charge in [0.25, 0.3) is 0 Å². The molecule has 5 nitrogen and oxygen atoms in total. The van der Waals surface area contributed by atoms with Crippen molar-refractivity contribution in [1.82, 2.24) is 9.97 Å². The molecule has 1 heterocycles. The molecule has 18 heavy (non-hydrogen) atoms. The lowest BCUT2D eigenvalue weighted by molar-refractivity contribution is 0.0697. The lowest BCUT2D eigenvalue weighted by atomic mass is 10.1. The quantitative estimate of drug-likeness (QED) is 0.922. The van der Waals surface area contributed by atoms with E-state index in [1.165, 1.54) is 31.6 Å². The lowest BCUT2D eigenvalue weighted by Crippen LogP contribution is -1.99. The number of benzene rings is 1. The first-order valence-electron chi connectivity index (χ1n) is 5.01. The van der Waals surface area contributed by atoms with Gasteiger partial charge in [0.1, 0.15) is 5.69 Å². The number of methoxy groups -OCH3 is 1. The molecule has 0 unspecified atom stereocenters. The average molecular weight is 265 g/mol. The molecule has 0 spiro atoms. The van der Waals surface area contributed by atoms with E-state index in [4.69, 9.17) is 21.4 Å². The lowest BCUT2D eigenvalue weighted by Gasteiger charge is -2.07. The van der Waals surface area contributed by atoms with E-state index < -0.39 is 5.97 Å². The van der Waals surface area contributed by atoms with Gasteiger partial charge < -0.3 is 9.84 Å². The molecule has 0 fully saturated rings. The Hall–Kier alpha value is -2.14. The molecule has 0 aliphatic carbocycles. The zero-order valence-corrected chi connectivity index (χ0v) is 10.2. The molecule has 0 saturated carbocycles. The number of hydrogen-bond acceptors (Lipinski definition) is 4. The highest BCUT2D eigenvalue weighted by Crippen LogP contribution is 2.28. The zero-order valence-electron chi connectivity index (χ0n) is 9.42. The molecular weight excluding hydrogens is 256 g/mol. The van der Waals surface area contributed by atoms with E-state index in [1.807, 2.05) is 0 Å². The molecule has 1 aromatic heterocycles. The smallest absolute Gasteiger partial charge is 0.337 e. The fourth-order valence-corrected chi connectivity index (χ4v) is 1.71. The second-order valence-corrected chi connectivity index (χ2v) is 3.82. The third-order valence-electron chi connectivity index (χ3n) is 2.33. The van der Waals surface area contributed by atoms with Gasteiger partial charge in [-0.25, -0.2) is 14.8 Å². The van der Waals surface area contributed by atoms with Gasteiger partial charge in [-0.2, -0.15) is 0 Å². The highest BCUT2D eigenvalue weighted by molar-refractivity contribution is 6.33. The number of carboxylic acid groups (broad SMARTS) is 1. The van der Waals surface area contributed by atoms with Gasteiger partial charge in [-0.3, -0.25) is 0 Å². The topological polar surface area (TPSA) is 72.3 Å². The van der Waals surface area contributed by atoms with Crippen LogP contribution in [0.1, 0.15) is 10.4 Å². The minimum absolute atomic E-state index is 0.0156. The van der Waals surface area contributed by atoms with Crippen molar-refractivity contribution in [1.29, 1.82) is 0 Å². The van der Waals surface area contributed by atoms with Crippen molar-refractivity contribution in [2.24, 2.45) is 0 Å². The fraction of sp³-hybridized carbons (Fsp3) is 0.0833. The summed E-state index contributed by atoms with van der Waals surface area (Å²) in [5, 5.41) is 9.19. The van der Waals surface area contributed by atoms with Crippen LogP contribution in [0.25, 0.3) is 11.3 Å². The Morgan fingerprint density at radius 1 is 1.33 bits per heavy atom. The van der Waals surface area contributed by atoms with E-state index >= 15 is 0 Å². The Morgan fingerprint density at radius 2 is 2.06 bits per heavy atom. The van der Waals surface area contributed by atoms with Crippen LogP contribution in [0.4, 0.5) is 0 Å². The second-order valence-electron chi connectivity index (χ2n) is 3.41. The van der Waals surface area contributed by atoms with Crippen LogP contribution in [0.15, 0.2) is 30.6 Å². The monoisotopic (exact) mass is 264 g/mol. The van der Waals surface area contributed by atoms with Crippen molar-refractivity contribution < 1.29 is 14.6 Å². The predicted octanol–water partition coefficient (Wildman–Crippen LogP) is 2.50. The number of aromatic nitrogens is 2. The number of halogens is 1. The van der Waals surface area contributed by atoms with E-state index in [9.17, 15) is 4.79 Å². The molecule has 1 aromatic carbocycles. The number of carboxylic acids is 1. The number of ether oxygens (including phenoxy) is 1. The van der Waals surface area contributed by atoms with E-state index in [-0.39, 0.29) is 10.6 Å². The van der Waals surface area contributed by atoms with E-state index in [1.54, 1.807) is 6.07 Å². The number of hydrogen-bond donors (Lipinski definition) is 1. The van der Waals surface area contributed by atoms with Crippen LogP contribution in [0, 0.1) is 0 Å². The standard InChI is InChI=1S/C12H9ClN2O3/c1-18-11-10(14-4-5-15-11)7-2-3-9(13)8(6-7)12(16)17/h2-6H,1H3,(H,16,17). The summed E-state index contributed by atoms with van der Waals surface area (Å²) in [5.41, 5.74) is 1.07. The number of rotatable bonds is 3. The highest BCUT2D eigenvalue weighted by Gasteiger charge is 2.13. The second kappa shape index (κ2) is 5.01. The molecule has 0 amide bonds. The normalized spacial score (nSPS) is 10.1. The first kappa shape index (κ1) is 12.3. The molecule has 1 N–H and O–H groups in total. The molecule has 6 heteroatoms. The Morgan fingerprint density at radius 3 is 2.72 bits per heavy atom. The van der Waals surface area contributed by atoms with E-state index in [2.05, 4.69) is 9.97 Å². The predicted molar refractivity (Wildman–Crippen MR) is 66.0 cm³/mol. The van der Waals surface area contributed by atoms with Gasteiger partial charge in [-0.05, 0) is 12.1 Å². The highest BCUT2D eigenvalue weighted by atomic mass is 35.5. The van der Waals surface area contributed by atoms with Crippen molar-refractivity contribution in [3.05, 3.63) is 41.2 Å². The van der Waals surface area contributed by atoms with Crippen LogP contribution in [-0.2, 0) is 0 Å². The van der Waals surface area contributed by atoms with Crippen molar-refractivity contribution in [3.63, 3.8) is 0 Å². The maximum Gasteiger partial charge on any atom is 0.337 e. The maximum absolute atomic E-state index is 11.0. The molecule has 92 valence electrons. The number of nitrogens with zero attached hydrogens (tertiary/aromatic N) is 2. The van der Waals surface area contributed by atoms with Gasteiger partial charge in [-0.1, -0.05) is 17.7 Å². The molecule has 0 saturated heterocycles. The van der Waals surface area contributed by atoms with Crippen molar-refractivity contribution >= 4 is 17.6 Å². The van der Waals surface area contributed by atoms with Gasteiger partial charge in [0.2, 0.25) is 5.88 Å². The molecular formula is C12H9ClN2O3. The van der Waals surface area contributed by atoms with E-state index in [0.29, 0.717) is 17.1 Å². The summed E-state index contributed by atoms with van der Waals surface area (Å²) < 4.78 is 5.08. The summed E-state index contributed by atoms with van der Waals surface area (Å²) in [6.07, 6.45) is 3.00. The summed E-state index contributed by atoms with van der Waals surface area (Å²) >= 11 is 5.80. The van der Waals surface area contributed by atoms with Crippen LogP contribution in [-0.4, -0.2) is 28.2 Å². The maximum atomic E-state index is 11.0. The summed E-state index contributed by atoms with van der Waals surface area (Å²) in [5.74, 6) is -0.763. The Balaban J connectivity index is 2.58. The third-order valence-corrected chi connectivity index (χ3v) is 2.66. The SMILES string of the molecule is COc1nccnc1-c1ccc(Cl)c(C(=O)O)c1. The molecule has 2 rings (SSSR count). The van der Waals surface area contributed by atoms with Gasteiger partial charge in [0.15, 0.2) is 0 Å². The van der Waals surface area contributed by atoms with Crippen LogP contribution in [0.3, 0.4) is 0 Å². The van der Waals surface area contributed by atoms with Gasteiger partial charge in [0, 0.05) is 18.0 Å². The summed E-state index contributed by atoms with van der Waals surface area (Å²) in [6, 6.07) is 4.62. The minimum Gasteiger partial charge on any atom is -0.479 e. The molecule has 0 bridgehead atoms. The van der Waals surface area contributed by atoms with Crippen LogP contribution in [0.5, 0.6) is 5.88 Å². The van der Waals surface area contributed by atoms with Crippen molar-refractivity contribution in [2.75, 3.05) is 7.11 Å².